The highest BCUT2D eigenvalue weighted by Gasteiger charge is 2.11. The molecule has 3 heterocycles. The molecule has 0 radical (unpaired) electrons. The van der Waals surface area contributed by atoms with E-state index in [0.29, 0.717) is 16.7 Å². The van der Waals surface area contributed by atoms with Gasteiger partial charge < -0.3 is 10.3 Å². The number of imidazole rings is 1. The molecule has 7 nitrogen and oxygen atoms in total. The van der Waals surface area contributed by atoms with Crippen molar-refractivity contribution in [1.29, 1.82) is 0 Å². The molecule has 0 atom stereocenters. The lowest BCUT2D eigenvalue weighted by Gasteiger charge is -2.02. The van der Waals surface area contributed by atoms with E-state index in [0.717, 1.165) is 21.9 Å². The van der Waals surface area contributed by atoms with Crippen molar-refractivity contribution in [3.05, 3.63) is 59.5 Å². The molecule has 3 aromatic heterocycles. The van der Waals surface area contributed by atoms with Gasteiger partial charge in [-0.2, -0.15) is 0 Å². The summed E-state index contributed by atoms with van der Waals surface area (Å²) in [6.07, 6.45) is 5.11. The van der Waals surface area contributed by atoms with Crippen LogP contribution in [0.2, 0.25) is 5.02 Å². The molecule has 0 unspecified atom stereocenters. The molecule has 1 aromatic carbocycles. The van der Waals surface area contributed by atoms with Crippen LogP contribution in [-0.4, -0.2) is 30.8 Å². The highest BCUT2D eigenvalue weighted by atomic mass is 35.5. The molecule has 1 amide bonds. The van der Waals surface area contributed by atoms with Gasteiger partial charge in [0, 0.05) is 22.8 Å². The minimum Gasteiger partial charge on any atom is -0.348 e. The Morgan fingerprint density at radius 2 is 2.04 bits per heavy atom. The Bertz CT molecular complexity index is 1060. The molecule has 124 valence electrons. The van der Waals surface area contributed by atoms with Gasteiger partial charge in [0.2, 0.25) is 5.91 Å². The average molecular weight is 353 g/mol. The van der Waals surface area contributed by atoms with E-state index in [2.05, 4.69) is 30.2 Å². The first-order valence-electron chi connectivity index (χ1n) is 7.64. The number of hydrogen-bond acceptors (Lipinski definition) is 5. The van der Waals surface area contributed by atoms with E-state index in [-0.39, 0.29) is 18.9 Å². The first-order chi connectivity index (χ1) is 12.2. The van der Waals surface area contributed by atoms with Crippen LogP contribution in [0, 0.1) is 0 Å². The van der Waals surface area contributed by atoms with Gasteiger partial charge in [0.15, 0.2) is 0 Å². The number of aromatic nitrogens is 5. The van der Waals surface area contributed by atoms with Crippen LogP contribution >= 0.6 is 11.6 Å². The average Bonchev–Trinajstić information content (AvgIpc) is 3.04. The predicted molar refractivity (Wildman–Crippen MR) is 94.0 cm³/mol. The number of nitrogens with one attached hydrogen (secondary N) is 2. The van der Waals surface area contributed by atoms with Crippen molar-refractivity contribution >= 4 is 39.4 Å². The summed E-state index contributed by atoms with van der Waals surface area (Å²) in [7, 11) is 0. The fourth-order valence-electron chi connectivity index (χ4n) is 2.58. The summed E-state index contributed by atoms with van der Waals surface area (Å²) in [5.41, 5.74) is 2.33. The lowest BCUT2D eigenvalue weighted by molar-refractivity contribution is -0.120. The summed E-state index contributed by atoms with van der Waals surface area (Å²) in [6, 6.07) is 7.18. The van der Waals surface area contributed by atoms with Gasteiger partial charge in [0.1, 0.15) is 11.6 Å². The smallest absolute Gasteiger partial charge is 0.227 e. The Morgan fingerprint density at radius 3 is 2.88 bits per heavy atom. The van der Waals surface area contributed by atoms with Crippen LogP contribution in [0.3, 0.4) is 0 Å². The third-order valence-electron chi connectivity index (χ3n) is 3.72. The monoisotopic (exact) mass is 352 g/mol. The Labute approximate surface area is 147 Å². The van der Waals surface area contributed by atoms with E-state index in [1.165, 1.54) is 0 Å². The fourth-order valence-corrected chi connectivity index (χ4v) is 2.75. The van der Waals surface area contributed by atoms with Gasteiger partial charge >= 0.3 is 0 Å². The fraction of sp³-hybridized carbons (Fsp3) is 0.118. The lowest BCUT2D eigenvalue weighted by atomic mass is 10.2. The molecular weight excluding hydrogens is 340 g/mol. The van der Waals surface area contributed by atoms with E-state index < -0.39 is 0 Å². The third-order valence-corrected chi connectivity index (χ3v) is 3.95. The maximum atomic E-state index is 12.1. The van der Waals surface area contributed by atoms with Gasteiger partial charge in [-0.3, -0.25) is 9.78 Å². The minimum absolute atomic E-state index is 0.129. The highest BCUT2D eigenvalue weighted by Crippen LogP contribution is 2.24. The molecule has 0 aliphatic rings. The van der Waals surface area contributed by atoms with Crippen molar-refractivity contribution in [2.75, 3.05) is 0 Å². The van der Waals surface area contributed by atoms with Crippen LogP contribution in [0.15, 0.2) is 42.9 Å². The molecule has 0 aliphatic heterocycles. The summed E-state index contributed by atoms with van der Waals surface area (Å²) >= 11 is 6.07. The number of pyridine rings is 1. The number of carbonyl (C=O) groups is 1. The Balaban J connectivity index is 1.54. The standard InChI is InChI=1S/C17H13ClN6O/c18-10-2-3-12-11(6-10)17-13(8-21-12)23-14(24-17)7-16(25)22-9-15-19-4-1-5-20-15/h1-6,8H,7,9H2,(H,22,25)(H,23,24). The number of benzene rings is 1. The number of nitrogens with zero attached hydrogens (tertiary/aromatic N) is 4. The maximum absolute atomic E-state index is 12.1. The van der Waals surface area contributed by atoms with Crippen LogP contribution in [0.1, 0.15) is 11.6 Å². The zero-order chi connectivity index (χ0) is 17.2. The van der Waals surface area contributed by atoms with E-state index in [4.69, 9.17) is 11.6 Å². The SMILES string of the molecule is O=C(Cc1nc2c(cnc3ccc(Cl)cc32)[nH]1)NCc1ncccn1. The zero-order valence-electron chi connectivity index (χ0n) is 13.0. The molecule has 2 N–H and O–H groups in total. The number of hydrogen-bond donors (Lipinski definition) is 2. The summed E-state index contributed by atoms with van der Waals surface area (Å²) in [4.78, 5) is 32.3. The molecule has 0 fully saturated rings. The number of amides is 1. The second-order valence-electron chi connectivity index (χ2n) is 5.48. The number of H-pyrrole nitrogens is 1. The molecule has 0 saturated heterocycles. The van der Waals surface area contributed by atoms with Crippen molar-refractivity contribution in [3.63, 3.8) is 0 Å². The molecule has 4 rings (SSSR count). The minimum atomic E-state index is -0.165. The molecule has 0 bridgehead atoms. The van der Waals surface area contributed by atoms with Gasteiger partial charge in [0.05, 0.1) is 35.7 Å². The third kappa shape index (κ3) is 3.27. The molecular formula is C17H13ClN6O. The Kier molecular flexibility index (Phi) is 3.99. The van der Waals surface area contributed by atoms with Crippen LogP contribution in [0.25, 0.3) is 21.9 Å². The highest BCUT2D eigenvalue weighted by molar-refractivity contribution is 6.31. The number of rotatable bonds is 4. The second-order valence-corrected chi connectivity index (χ2v) is 5.92. The van der Waals surface area contributed by atoms with E-state index in [1.807, 2.05) is 12.1 Å². The van der Waals surface area contributed by atoms with Crippen molar-refractivity contribution in [3.8, 4) is 0 Å². The topological polar surface area (TPSA) is 96.5 Å². The molecule has 0 spiro atoms. The van der Waals surface area contributed by atoms with Crippen LogP contribution in [0.4, 0.5) is 0 Å². The first-order valence-corrected chi connectivity index (χ1v) is 8.02. The van der Waals surface area contributed by atoms with Crippen LogP contribution < -0.4 is 5.32 Å². The van der Waals surface area contributed by atoms with Gasteiger partial charge in [-0.15, -0.1) is 0 Å². The number of carbonyl (C=O) groups excluding carboxylic acids is 1. The van der Waals surface area contributed by atoms with Gasteiger partial charge in [-0.1, -0.05) is 11.6 Å². The molecule has 0 aliphatic carbocycles. The zero-order valence-corrected chi connectivity index (χ0v) is 13.8. The number of halogens is 1. The van der Waals surface area contributed by atoms with Gasteiger partial charge in [0.25, 0.3) is 0 Å². The molecule has 4 aromatic rings. The van der Waals surface area contributed by atoms with E-state index in [9.17, 15) is 4.79 Å². The van der Waals surface area contributed by atoms with Crippen molar-refractivity contribution in [2.24, 2.45) is 0 Å². The Morgan fingerprint density at radius 1 is 1.20 bits per heavy atom. The lowest BCUT2D eigenvalue weighted by Crippen LogP contribution is -2.25. The second kappa shape index (κ2) is 6.45. The van der Waals surface area contributed by atoms with Crippen molar-refractivity contribution < 1.29 is 4.79 Å². The van der Waals surface area contributed by atoms with Crippen LogP contribution in [0.5, 0.6) is 0 Å². The summed E-state index contributed by atoms with van der Waals surface area (Å²) in [5, 5.41) is 4.25. The van der Waals surface area contributed by atoms with E-state index >= 15 is 0 Å². The largest absolute Gasteiger partial charge is 0.348 e. The quantitative estimate of drug-likeness (QED) is 0.588. The maximum Gasteiger partial charge on any atom is 0.227 e. The number of aromatic amines is 1. The van der Waals surface area contributed by atoms with Gasteiger partial charge in [-0.05, 0) is 24.3 Å². The number of fused-ring (bicyclic) bond motifs is 3. The van der Waals surface area contributed by atoms with Gasteiger partial charge in [-0.25, -0.2) is 15.0 Å². The summed E-state index contributed by atoms with van der Waals surface area (Å²) < 4.78 is 0. The molecule has 0 saturated carbocycles. The summed E-state index contributed by atoms with van der Waals surface area (Å²) in [6.45, 7) is 0.278. The summed E-state index contributed by atoms with van der Waals surface area (Å²) in [5.74, 6) is 0.961. The van der Waals surface area contributed by atoms with E-state index in [1.54, 1.807) is 30.7 Å². The van der Waals surface area contributed by atoms with Crippen molar-refractivity contribution in [2.45, 2.75) is 13.0 Å². The Hall–Kier alpha value is -3.06. The first kappa shape index (κ1) is 15.5. The predicted octanol–water partition coefficient (Wildman–Crippen LogP) is 2.41. The molecule has 8 heteroatoms. The molecule has 25 heavy (non-hydrogen) atoms. The van der Waals surface area contributed by atoms with Crippen molar-refractivity contribution in [1.82, 2.24) is 30.2 Å². The normalized spacial score (nSPS) is 11.1. The van der Waals surface area contributed by atoms with Crippen LogP contribution in [-0.2, 0) is 17.8 Å².